The van der Waals surface area contributed by atoms with Gasteiger partial charge in [0.15, 0.2) is 0 Å². The summed E-state index contributed by atoms with van der Waals surface area (Å²) in [5, 5.41) is 0. The van der Waals surface area contributed by atoms with Crippen molar-refractivity contribution in [3.63, 3.8) is 0 Å². The summed E-state index contributed by atoms with van der Waals surface area (Å²) in [6, 6.07) is 0. The quantitative estimate of drug-likeness (QED) is 0.479. The summed E-state index contributed by atoms with van der Waals surface area (Å²) in [5.41, 5.74) is 5.76. The predicted octanol–water partition coefficient (Wildman–Crippen LogP) is 2.86. The van der Waals surface area contributed by atoms with E-state index in [1.165, 1.54) is 19.3 Å². The third-order valence-corrected chi connectivity index (χ3v) is 1.53. The van der Waals surface area contributed by atoms with Gasteiger partial charge in [-0.1, -0.05) is 31.9 Å². The molecule has 1 nitrogen and oxygen atoms in total. The highest BCUT2D eigenvalue weighted by atomic mass is 14.7. The summed E-state index contributed by atoms with van der Waals surface area (Å²) in [6.07, 6.45) is 9.18. The molecule has 2 N–H and O–H groups in total. The van der Waals surface area contributed by atoms with Gasteiger partial charge < -0.3 is 5.73 Å². The van der Waals surface area contributed by atoms with Crippen molar-refractivity contribution >= 4 is 0 Å². The number of unbranched alkanes of at least 4 members (excludes halogenated alkanes) is 2. The van der Waals surface area contributed by atoms with Gasteiger partial charge in [-0.3, -0.25) is 0 Å². The number of nitrogens with two attached hydrogens (primary N) is 1. The molecule has 66 valence electrons. The average molecular weight is 155 g/mol. The molecule has 0 aliphatic rings. The van der Waals surface area contributed by atoms with Gasteiger partial charge in [0.2, 0.25) is 0 Å². The van der Waals surface area contributed by atoms with Gasteiger partial charge >= 0.3 is 0 Å². The Morgan fingerprint density at radius 3 is 2.36 bits per heavy atom. The third-order valence-electron chi connectivity index (χ3n) is 1.53. The lowest BCUT2D eigenvalue weighted by Crippen LogP contribution is -2.30. The van der Waals surface area contributed by atoms with E-state index in [0.717, 1.165) is 6.42 Å². The Hall–Kier alpha value is -0.300. The molecule has 0 rings (SSSR count). The second kappa shape index (κ2) is 5.36. The molecule has 0 radical (unpaired) electrons. The van der Waals surface area contributed by atoms with Gasteiger partial charge in [0.25, 0.3) is 0 Å². The minimum atomic E-state index is -0.0390. The number of allylic oxidation sites excluding steroid dienone is 1. The highest BCUT2D eigenvalue weighted by Gasteiger charge is 2.05. The van der Waals surface area contributed by atoms with Crippen molar-refractivity contribution in [3.05, 3.63) is 12.2 Å². The number of hydrogen-bond donors (Lipinski definition) is 1. The van der Waals surface area contributed by atoms with Crippen LogP contribution in [0.5, 0.6) is 0 Å². The first-order valence-corrected chi connectivity index (χ1v) is 4.50. The van der Waals surface area contributed by atoms with Crippen LogP contribution < -0.4 is 5.73 Å². The Balaban J connectivity index is 3.30. The molecule has 0 atom stereocenters. The molecular formula is C10H21N. The first-order valence-electron chi connectivity index (χ1n) is 4.50. The Bertz CT molecular complexity index is 109. The fourth-order valence-electron chi connectivity index (χ4n) is 0.827. The van der Waals surface area contributed by atoms with Crippen LogP contribution in [0.3, 0.4) is 0 Å². The van der Waals surface area contributed by atoms with Crippen molar-refractivity contribution in [2.75, 3.05) is 0 Å². The molecule has 0 amide bonds. The van der Waals surface area contributed by atoms with Gasteiger partial charge in [-0.05, 0) is 26.7 Å². The van der Waals surface area contributed by atoms with Crippen LogP contribution in [0.4, 0.5) is 0 Å². The Kier molecular flexibility index (Phi) is 5.22. The van der Waals surface area contributed by atoms with Crippen molar-refractivity contribution in [2.45, 2.75) is 52.0 Å². The standard InChI is InChI=1S/C10H21N/c1-4-5-6-7-8-9-10(2,3)11/h7-8H,4-6,9,11H2,1-3H3. The Morgan fingerprint density at radius 2 is 1.91 bits per heavy atom. The summed E-state index contributed by atoms with van der Waals surface area (Å²) < 4.78 is 0. The highest BCUT2D eigenvalue weighted by Crippen LogP contribution is 2.05. The highest BCUT2D eigenvalue weighted by molar-refractivity contribution is 4.89. The zero-order valence-corrected chi connectivity index (χ0v) is 8.06. The normalized spacial score (nSPS) is 12.7. The van der Waals surface area contributed by atoms with E-state index < -0.39 is 0 Å². The second-order valence-electron chi connectivity index (χ2n) is 3.81. The van der Waals surface area contributed by atoms with E-state index in [1.54, 1.807) is 0 Å². The van der Waals surface area contributed by atoms with Gasteiger partial charge in [0.1, 0.15) is 0 Å². The van der Waals surface area contributed by atoms with Crippen LogP contribution in [0.15, 0.2) is 12.2 Å². The molecule has 0 aliphatic carbocycles. The van der Waals surface area contributed by atoms with Crippen LogP contribution in [0, 0.1) is 0 Å². The Morgan fingerprint density at radius 1 is 1.27 bits per heavy atom. The van der Waals surface area contributed by atoms with E-state index in [2.05, 4.69) is 32.9 Å². The van der Waals surface area contributed by atoms with Gasteiger partial charge in [-0.25, -0.2) is 0 Å². The van der Waals surface area contributed by atoms with E-state index in [0.29, 0.717) is 0 Å². The zero-order valence-electron chi connectivity index (χ0n) is 8.06. The van der Waals surface area contributed by atoms with Gasteiger partial charge in [0, 0.05) is 5.54 Å². The molecule has 0 unspecified atom stereocenters. The average Bonchev–Trinajstić information content (AvgIpc) is 1.85. The van der Waals surface area contributed by atoms with Crippen molar-refractivity contribution < 1.29 is 0 Å². The van der Waals surface area contributed by atoms with Crippen molar-refractivity contribution in [1.82, 2.24) is 0 Å². The Labute approximate surface area is 70.7 Å². The van der Waals surface area contributed by atoms with Crippen LogP contribution in [0.2, 0.25) is 0 Å². The summed E-state index contributed by atoms with van der Waals surface area (Å²) in [7, 11) is 0. The SMILES string of the molecule is CCCCC=CCC(C)(C)N. The third kappa shape index (κ3) is 9.70. The first-order chi connectivity index (χ1) is 5.06. The largest absolute Gasteiger partial charge is 0.325 e. The van der Waals surface area contributed by atoms with Crippen molar-refractivity contribution in [2.24, 2.45) is 5.73 Å². The zero-order chi connectivity index (χ0) is 8.74. The smallest absolute Gasteiger partial charge is 0.0132 e. The lowest BCUT2D eigenvalue weighted by molar-refractivity contribution is 0.527. The van der Waals surface area contributed by atoms with Crippen molar-refractivity contribution in [1.29, 1.82) is 0 Å². The maximum absolute atomic E-state index is 5.80. The monoisotopic (exact) mass is 155 g/mol. The molecule has 1 heteroatoms. The maximum Gasteiger partial charge on any atom is 0.0132 e. The summed E-state index contributed by atoms with van der Waals surface area (Å²) in [6.45, 7) is 6.31. The molecule has 0 aromatic heterocycles. The molecule has 0 aliphatic heterocycles. The fraction of sp³-hybridized carbons (Fsp3) is 0.800. The minimum absolute atomic E-state index is 0.0390. The van der Waals surface area contributed by atoms with Crippen LogP contribution in [0.1, 0.15) is 46.5 Å². The predicted molar refractivity (Wildman–Crippen MR) is 51.5 cm³/mol. The summed E-state index contributed by atoms with van der Waals surface area (Å²) in [5.74, 6) is 0. The maximum atomic E-state index is 5.80. The van der Waals surface area contributed by atoms with E-state index in [-0.39, 0.29) is 5.54 Å². The van der Waals surface area contributed by atoms with Crippen LogP contribution in [-0.2, 0) is 0 Å². The molecule has 11 heavy (non-hydrogen) atoms. The van der Waals surface area contributed by atoms with Gasteiger partial charge in [-0.15, -0.1) is 0 Å². The molecule has 0 aromatic carbocycles. The van der Waals surface area contributed by atoms with Crippen molar-refractivity contribution in [3.8, 4) is 0 Å². The van der Waals surface area contributed by atoms with E-state index in [9.17, 15) is 0 Å². The molecule has 0 saturated heterocycles. The van der Waals surface area contributed by atoms with Gasteiger partial charge in [0.05, 0.1) is 0 Å². The molecule has 0 bridgehead atoms. The lowest BCUT2D eigenvalue weighted by atomic mass is 10.0. The van der Waals surface area contributed by atoms with Crippen LogP contribution in [0.25, 0.3) is 0 Å². The van der Waals surface area contributed by atoms with E-state index in [1.807, 2.05) is 0 Å². The van der Waals surface area contributed by atoms with Crippen LogP contribution >= 0.6 is 0 Å². The van der Waals surface area contributed by atoms with E-state index >= 15 is 0 Å². The number of hydrogen-bond acceptors (Lipinski definition) is 1. The minimum Gasteiger partial charge on any atom is -0.325 e. The molecule has 0 heterocycles. The van der Waals surface area contributed by atoms with E-state index in [4.69, 9.17) is 5.73 Å². The molecule has 0 spiro atoms. The molecule has 0 aromatic rings. The van der Waals surface area contributed by atoms with Crippen LogP contribution in [-0.4, -0.2) is 5.54 Å². The molecule has 0 saturated carbocycles. The summed E-state index contributed by atoms with van der Waals surface area (Å²) >= 11 is 0. The molecular weight excluding hydrogens is 134 g/mol. The number of rotatable bonds is 5. The molecule has 0 fully saturated rings. The summed E-state index contributed by atoms with van der Waals surface area (Å²) in [4.78, 5) is 0. The topological polar surface area (TPSA) is 26.0 Å². The second-order valence-corrected chi connectivity index (χ2v) is 3.81. The lowest BCUT2D eigenvalue weighted by Gasteiger charge is -2.14. The fourth-order valence-corrected chi connectivity index (χ4v) is 0.827. The van der Waals surface area contributed by atoms with Gasteiger partial charge in [-0.2, -0.15) is 0 Å². The first kappa shape index (κ1) is 10.7.